The van der Waals surface area contributed by atoms with Crippen molar-refractivity contribution < 1.29 is 14.7 Å². The quantitative estimate of drug-likeness (QED) is 0.792. The number of rotatable bonds is 3. The number of hydrogen-bond donors (Lipinski definition) is 1. The van der Waals surface area contributed by atoms with E-state index in [4.69, 9.17) is 0 Å². The molecule has 4 heteroatoms. The maximum Gasteiger partial charge on any atom is 0.260 e. The Balaban J connectivity index is 2.27. The van der Waals surface area contributed by atoms with E-state index in [1.807, 2.05) is 13.0 Å². The molecule has 1 heterocycles. The lowest BCUT2D eigenvalue weighted by Crippen LogP contribution is -2.45. The summed E-state index contributed by atoms with van der Waals surface area (Å²) in [5.74, 6) is -0.537. The van der Waals surface area contributed by atoms with E-state index < -0.39 is 6.10 Å². The van der Waals surface area contributed by atoms with Gasteiger partial charge in [0.05, 0.1) is 19.1 Å². The molecule has 1 aromatic carbocycles. The zero-order chi connectivity index (χ0) is 12.4. The summed E-state index contributed by atoms with van der Waals surface area (Å²) >= 11 is 0. The van der Waals surface area contributed by atoms with Gasteiger partial charge in [0, 0.05) is 5.56 Å². The minimum absolute atomic E-state index is 0.0858. The zero-order valence-corrected chi connectivity index (χ0v) is 9.72. The highest BCUT2D eigenvalue weighted by atomic mass is 16.3. The van der Waals surface area contributed by atoms with Crippen molar-refractivity contribution in [2.24, 2.45) is 0 Å². The summed E-state index contributed by atoms with van der Waals surface area (Å²) in [6.07, 6.45) is 0.116. The normalized spacial score (nSPS) is 16.9. The molecule has 0 radical (unpaired) electrons. The molecule has 1 aliphatic heterocycles. The fourth-order valence-electron chi connectivity index (χ4n) is 1.92. The van der Waals surface area contributed by atoms with Gasteiger partial charge in [-0.15, -0.1) is 0 Å². The molecule has 1 aliphatic rings. The van der Waals surface area contributed by atoms with Gasteiger partial charge in [0.1, 0.15) is 0 Å². The van der Waals surface area contributed by atoms with Crippen molar-refractivity contribution in [1.29, 1.82) is 0 Å². The van der Waals surface area contributed by atoms with Crippen molar-refractivity contribution in [3.05, 3.63) is 35.4 Å². The van der Waals surface area contributed by atoms with Crippen LogP contribution >= 0.6 is 0 Å². The van der Waals surface area contributed by atoms with Crippen LogP contribution in [0.25, 0.3) is 0 Å². The molecule has 0 aliphatic carbocycles. The van der Waals surface area contributed by atoms with Crippen molar-refractivity contribution in [2.75, 3.05) is 6.54 Å². The molecule has 1 unspecified atom stereocenters. The smallest absolute Gasteiger partial charge is 0.260 e. The molecule has 2 rings (SSSR count). The molecule has 4 nitrogen and oxygen atoms in total. The predicted molar refractivity (Wildman–Crippen MR) is 62.5 cm³/mol. The van der Waals surface area contributed by atoms with Gasteiger partial charge in [-0.2, -0.15) is 0 Å². The number of amides is 2. The standard InChI is InChI=1S/C13H15NO3/c1-2-10(15)8-14-12(16)7-9-5-3-4-6-11(9)13(14)17/h3-6,10,15H,2,7-8H2,1H3. The Bertz CT molecular complexity index is 456. The predicted octanol–water partition coefficient (Wildman–Crippen LogP) is 0.982. The number of carbonyl (C=O) groups is 2. The molecule has 17 heavy (non-hydrogen) atoms. The van der Waals surface area contributed by atoms with Gasteiger partial charge in [0.15, 0.2) is 0 Å². The van der Waals surface area contributed by atoms with Gasteiger partial charge in [-0.25, -0.2) is 0 Å². The Morgan fingerprint density at radius 2 is 2.06 bits per heavy atom. The average molecular weight is 233 g/mol. The number of fused-ring (bicyclic) bond motifs is 1. The van der Waals surface area contributed by atoms with E-state index in [2.05, 4.69) is 0 Å². The zero-order valence-electron chi connectivity index (χ0n) is 9.72. The lowest BCUT2D eigenvalue weighted by Gasteiger charge is -2.28. The van der Waals surface area contributed by atoms with Gasteiger partial charge in [-0.05, 0) is 18.1 Å². The van der Waals surface area contributed by atoms with Crippen molar-refractivity contribution in [3.8, 4) is 0 Å². The Labute approximate surface area is 99.9 Å². The molecule has 1 aromatic rings. The third-order valence-corrected chi connectivity index (χ3v) is 3.00. The number of aliphatic hydroxyl groups is 1. The highest BCUT2D eigenvalue weighted by Gasteiger charge is 2.31. The molecule has 90 valence electrons. The number of hydrogen-bond acceptors (Lipinski definition) is 3. The van der Waals surface area contributed by atoms with Crippen LogP contribution in [-0.4, -0.2) is 34.5 Å². The second-order valence-corrected chi connectivity index (χ2v) is 4.21. The first-order valence-corrected chi connectivity index (χ1v) is 5.74. The van der Waals surface area contributed by atoms with Gasteiger partial charge >= 0.3 is 0 Å². The van der Waals surface area contributed by atoms with Gasteiger partial charge < -0.3 is 5.11 Å². The summed E-state index contributed by atoms with van der Waals surface area (Å²) in [5.41, 5.74) is 1.33. The first kappa shape index (κ1) is 11.8. The number of imide groups is 1. The molecule has 0 fully saturated rings. The van der Waals surface area contributed by atoms with Gasteiger partial charge in [-0.3, -0.25) is 14.5 Å². The van der Waals surface area contributed by atoms with Crippen molar-refractivity contribution in [1.82, 2.24) is 4.90 Å². The van der Waals surface area contributed by atoms with E-state index in [1.165, 1.54) is 0 Å². The highest BCUT2D eigenvalue weighted by Crippen LogP contribution is 2.19. The number of nitrogens with zero attached hydrogens (tertiary/aromatic N) is 1. The molecule has 0 bridgehead atoms. The number of β-amino-alcohol motifs (C(OH)–C–C–N with tert-alkyl or cyclic N) is 1. The summed E-state index contributed by atoms with van der Waals surface area (Å²) in [5, 5.41) is 9.55. The molecule has 2 amide bonds. The largest absolute Gasteiger partial charge is 0.391 e. The monoisotopic (exact) mass is 233 g/mol. The lowest BCUT2D eigenvalue weighted by molar-refractivity contribution is -0.129. The summed E-state index contributed by atoms with van der Waals surface area (Å²) in [7, 11) is 0. The summed E-state index contributed by atoms with van der Waals surface area (Å²) in [6.45, 7) is 1.90. The third kappa shape index (κ3) is 2.22. The van der Waals surface area contributed by atoms with Crippen LogP contribution in [-0.2, 0) is 11.2 Å². The van der Waals surface area contributed by atoms with Crippen LogP contribution in [0.1, 0.15) is 29.3 Å². The van der Waals surface area contributed by atoms with Crippen LogP contribution in [0, 0.1) is 0 Å². The first-order chi connectivity index (χ1) is 8.13. The Morgan fingerprint density at radius 3 is 2.76 bits per heavy atom. The van der Waals surface area contributed by atoms with E-state index in [9.17, 15) is 14.7 Å². The molecule has 0 saturated carbocycles. The summed E-state index contributed by atoms with van der Waals surface area (Å²) < 4.78 is 0. The second kappa shape index (κ2) is 4.67. The maximum atomic E-state index is 12.1. The van der Waals surface area contributed by atoms with Crippen molar-refractivity contribution >= 4 is 11.8 Å². The third-order valence-electron chi connectivity index (χ3n) is 3.00. The average Bonchev–Trinajstić information content (AvgIpc) is 2.34. The summed E-state index contributed by atoms with van der Waals surface area (Å²) in [6, 6.07) is 7.10. The molecule has 0 aromatic heterocycles. The van der Waals surface area contributed by atoms with Crippen LogP contribution in [0.5, 0.6) is 0 Å². The molecule has 0 spiro atoms. The van der Waals surface area contributed by atoms with E-state index in [-0.39, 0.29) is 24.8 Å². The van der Waals surface area contributed by atoms with Crippen LogP contribution < -0.4 is 0 Å². The Kier molecular flexibility index (Phi) is 3.24. The number of carbonyl (C=O) groups excluding carboxylic acids is 2. The Hall–Kier alpha value is -1.68. The maximum absolute atomic E-state index is 12.1. The molecule has 1 atom stereocenters. The molecule has 1 N–H and O–H groups in total. The van der Waals surface area contributed by atoms with Crippen LogP contribution in [0.2, 0.25) is 0 Å². The molecule has 0 saturated heterocycles. The van der Waals surface area contributed by atoms with E-state index in [0.29, 0.717) is 12.0 Å². The minimum atomic E-state index is -0.645. The highest BCUT2D eigenvalue weighted by molar-refractivity contribution is 6.09. The SMILES string of the molecule is CCC(O)CN1C(=O)Cc2ccccc2C1=O. The molecular formula is C13H15NO3. The van der Waals surface area contributed by atoms with Crippen molar-refractivity contribution in [3.63, 3.8) is 0 Å². The topological polar surface area (TPSA) is 57.6 Å². The van der Waals surface area contributed by atoms with E-state index in [1.54, 1.807) is 18.2 Å². The first-order valence-electron chi connectivity index (χ1n) is 5.74. The fourth-order valence-corrected chi connectivity index (χ4v) is 1.92. The van der Waals surface area contributed by atoms with Crippen molar-refractivity contribution in [2.45, 2.75) is 25.9 Å². The summed E-state index contributed by atoms with van der Waals surface area (Å²) in [4.78, 5) is 25.0. The van der Waals surface area contributed by atoms with E-state index >= 15 is 0 Å². The number of aliphatic hydroxyl groups excluding tert-OH is 1. The molecular weight excluding hydrogens is 218 g/mol. The number of benzene rings is 1. The van der Waals surface area contributed by atoms with Crippen LogP contribution in [0.15, 0.2) is 24.3 Å². The van der Waals surface area contributed by atoms with E-state index in [0.717, 1.165) is 10.5 Å². The second-order valence-electron chi connectivity index (χ2n) is 4.21. The van der Waals surface area contributed by atoms with Crippen LogP contribution in [0.3, 0.4) is 0 Å². The minimum Gasteiger partial charge on any atom is -0.391 e. The van der Waals surface area contributed by atoms with Gasteiger partial charge in [-0.1, -0.05) is 25.1 Å². The van der Waals surface area contributed by atoms with Crippen LogP contribution in [0.4, 0.5) is 0 Å². The lowest BCUT2D eigenvalue weighted by atomic mass is 9.98. The van der Waals surface area contributed by atoms with Gasteiger partial charge in [0.2, 0.25) is 5.91 Å². The fraction of sp³-hybridized carbons (Fsp3) is 0.385. The van der Waals surface area contributed by atoms with Gasteiger partial charge in [0.25, 0.3) is 5.91 Å². The Morgan fingerprint density at radius 1 is 1.35 bits per heavy atom.